The van der Waals surface area contributed by atoms with Crippen molar-refractivity contribution in [3.05, 3.63) is 12.2 Å². The van der Waals surface area contributed by atoms with Crippen LogP contribution in [0.1, 0.15) is 46.5 Å². The molecule has 5 nitrogen and oxygen atoms in total. The molecule has 3 fully saturated rings. The predicted molar refractivity (Wildman–Crippen MR) is 89.4 cm³/mol. The maximum Gasteiger partial charge on any atom is 0.204 e. The number of rotatable bonds is 6. The highest BCUT2D eigenvalue weighted by Gasteiger charge is 2.71. The van der Waals surface area contributed by atoms with Gasteiger partial charge in [-0.3, -0.25) is 4.79 Å². The van der Waals surface area contributed by atoms with Gasteiger partial charge in [0.2, 0.25) is 5.79 Å². The lowest BCUT2D eigenvalue weighted by Gasteiger charge is -2.50. The second kappa shape index (κ2) is 6.87. The van der Waals surface area contributed by atoms with Crippen molar-refractivity contribution in [1.82, 2.24) is 0 Å². The minimum absolute atomic E-state index is 0.0185. The molecule has 0 aromatic rings. The van der Waals surface area contributed by atoms with E-state index in [2.05, 4.69) is 20.8 Å². The van der Waals surface area contributed by atoms with Gasteiger partial charge < -0.3 is 19.3 Å². The van der Waals surface area contributed by atoms with E-state index in [1.807, 2.05) is 12.2 Å². The minimum Gasteiger partial charge on any atom is -0.396 e. The number of epoxide rings is 1. The fourth-order valence-electron chi connectivity index (χ4n) is 4.01. The standard InChI is InChI=1S/C19H30O5/c1-4-7-8-9-13-14(10-20)19(17-16(24-17)15(13)21)22-11-18(5-2,6-3)12-23-19/h8-9,13-14,16-17,20H,4-7,10-12H2,1-3H3/b9-8+/t13?,14?,16-,17-/m1/s1. The highest BCUT2D eigenvalue weighted by Crippen LogP contribution is 2.53. The second-order valence-electron chi connectivity index (χ2n) is 7.42. The SMILES string of the molecule is CCC/C=C/C1C(=O)[C@H]2O[C@H]2C2(OCC(CC)(CC)CO2)C1CO. The summed E-state index contributed by atoms with van der Waals surface area (Å²) in [6.45, 7) is 7.42. The van der Waals surface area contributed by atoms with E-state index < -0.39 is 23.7 Å². The van der Waals surface area contributed by atoms with Gasteiger partial charge in [-0.1, -0.05) is 39.3 Å². The number of aliphatic hydroxyl groups excluding tert-OH is 1. The summed E-state index contributed by atoms with van der Waals surface area (Å²) in [5.41, 5.74) is 0.0185. The fourth-order valence-corrected chi connectivity index (χ4v) is 4.01. The van der Waals surface area contributed by atoms with Crippen molar-refractivity contribution in [2.45, 2.75) is 64.4 Å². The summed E-state index contributed by atoms with van der Waals surface area (Å²) in [5.74, 6) is -1.75. The van der Waals surface area contributed by atoms with Gasteiger partial charge in [-0.05, 0) is 19.3 Å². The van der Waals surface area contributed by atoms with Gasteiger partial charge in [0.15, 0.2) is 5.78 Å². The predicted octanol–water partition coefficient (Wildman–Crippen LogP) is 2.47. The first kappa shape index (κ1) is 18.1. The lowest BCUT2D eigenvalue weighted by Crippen LogP contribution is -2.63. The lowest BCUT2D eigenvalue weighted by atomic mass is 9.72. The van der Waals surface area contributed by atoms with E-state index in [9.17, 15) is 9.90 Å². The van der Waals surface area contributed by atoms with Crippen LogP contribution in [0.5, 0.6) is 0 Å². The summed E-state index contributed by atoms with van der Waals surface area (Å²) >= 11 is 0. The molecule has 0 aromatic heterocycles. The summed E-state index contributed by atoms with van der Waals surface area (Å²) in [4.78, 5) is 12.6. The summed E-state index contributed by atoms with van der Waals surface area (Å²) in [5, 5.41) is 10.0. The van der Waals surface area contributed by atoms with Crippen LogP contribution in [0.4, 0.5) is 0 Å². The number of Topliss-reactive ketones (excluding diaryl/α,β-unsaturated/α-hetero) is 1. The molecule has 3 rings (SSSR count). The molecule has 1 saturated carbocycles. The summed E-state index contributed by atoms with van der Waals surface area (Å²) in [7, 11) is 0. The molecule has 24 heavy (non-hydrogen) atoms. The number of allylic oxidation sites excluding steroid dienone is 2. The van der Waals surface area contributed by atoms with Crippen molar-refractivity contribution in [1.29, 1.82) is 0 Å². The molecule has 1 N–H and O–H groups in total. The molecule has 0 bridgehead atoms. The van der Waals surface area contributed by atoms with E-state index in [0.29, 0.717) is 13.2 Å². The van der Waals surface area contributed by atoms with Crippen molar-refractivity contribution in [3.63, 3.8) is 0 Å². The summed E-state index contributed by atoms with van der Waals surface area (Å²) in [6.07, 6.45) is 7.03. The average Bonchev–Trinajstić information content (AvgIpc) is 3.42. The molecule has 1 spiro atoms. The molecule has 1 aliphatic carbocycles. The highest BCUT2D eigenvalue weighted by atomic mass is 16.8. The summed E-state index contributed by atoms with van der Waals surface area (Å²) in [6, 6.07) is 0. The minimum atomic E-state index is -0.984. The molecule has 2 aliphatic heterocycles. The first-order valence-electron chi connectivity index (χ1n) is 9.32. The van der Waals surface area contributed by atoms with Crippen LogP contribution in [-0.2, 0) is 19.0 Å². The van der Waals surface area contributed by atoms with E-state index in [1.54, 1.807) is 0 Å². The Kier molecular flexibility index (Phi) is 5.17. The molecule has 2 saturated heterocycles. The number of hydrogen-bond acceptors (Lipinski definition) is 5. The Morgan fingerprint density at radius 1 is 1.21 bits per heavy atom. The van der Waals surface area contributed by atoms with Crippen molar-refractivity contribution >= 4 is 5.78 Å². The van der Waals surface area contributed by atoms with Crippen molar-refractivity contribution < 1.29 is 24.1 Å². The van der Waals surface area contributed by atoms with Gasteiger partial charge >= 0.3 is 0 Å². The molecule has 136 valence electrons. The molecule has 0 amide bonds. The Labute approximate surface area is 144 Å². The topological polar surface area (TPSA) is 68.3 Å². The van der Waals surface area contributed by atoms with Gasteiger partial charge in [-0.2, -0.15) is 0 Å². The van der Waals surface area contributed by atoms with Crippen LogP contribution in [0.15, 0.2) is 12.2 Å². The maximum absolute atomic E-state index is 12.6. The zero-order valence-corrected chi connectivity index (χ0v) is 15.0. The molecule has 4 atom stereocenters. The van der Waals surface area contributed by atoms with E-state index in [1.165, 1.54) is 0 Å². The number of unbranched alkanes of at least 4 members (excludes halogenated alkanes) is 1. The number of ketones is 1. The fraction of sp³-hybridized carbons (Fsp3) is 0.842. The van der Waals surface area contributed by atoms with Crippen molar-refractivity contribution in [2.75, 3.05) is 19.8 Å². The molecule has 5 heteroatoms. The Hall–Kier alpha value is -0.750. The molecule has 0 aromatic carbocycles. The molecule has 2 heterocycles. The van der Waals surface area contributed by atoms with E-state index in [-0.39, 0.29) is 23.9 Å². The van der Waals surface area contributed by atoms with Crippen LogP contribution < -0.4 is 0 Å². The largest absolute Gasteiger partial charge is 0.396 e. The maximum atomic E-state index is 12.6. The third-order valence-electron chi connectivity index (χ3n) is 6.15. The van der Waals surface area contributed by atoms with Crippen LogP contribution in [0.3, 0.4) is 0 Å². The second-order valence-corrected chi connectivity index (χ2v) is 7.42. The van der Waals surface area contributed by atoms with Crippen LogP contribution in [0.25, 0.3) is 0 Å². The Balaban J connectivity index is 1.84. The lowest BCUT2D eigenvalue weighted by molar-refractivity contribution is -0.343. The Morgan fingerprint density at radius 2 is 1.88 bits per heavy atom. The highest BCUT2D eigenvalue weighted by molar-refractivity contribution is 5.91. The van der Waals surface area contributed by atoms with Crippen LogP contribution in [-0.4, -0.2) is 48.7 Å². The van der Waals surface area contributed by atoms with Gasteiger partial charge in [0.25, 0.3) is 0 Å². The molecule has 3 aliphatic rings. The number of ether oxygens (including phenoxy) is 3. The van der Waals surface area contributed by atoms with E-state index >= 15 is 0 Å². The number of carbonyl (C=O) groups is 1. The first-order chi connectivity index (χ1) is 11.6. The van der Waals surface area contributed by atoms with Gasteiger partial charge in [0.1, 0.15) is 12.2 Å². The van der Waals surface area contributed by atoms with Crippen molar-refractivity contribution in [3.8, 4) is 0 Å². The van der Waals surface area contributed by atoms with E-state index in [0.717, 1.165) is 25.7 Å². The smallest absolute Gasteiger partial charge is 0.204 e. The number of hydrogen-bond donors (Lipinski definition) is 1. The zero-order valence-electron chi connectivity index (χ0n) is 15.0. The Bertz CT molecular complexity index is 486. The third kappa shape index (κ3) is 2.75. The average molecular weight is 338 g/mol. The third-order valence-corrected chi connectivity index (χ3v) is 6.15. The normalized spacial score (nSPS) is 36.9. The van der Waals surface area contributed by atoms with Gasteiger partial charge in [0, 0.05) is 11.3 Å². The molecule has 0 radical (unpaired) electrons. The monoisotopic (exact) mass is 338 g/mol. The number of carbonyl (C=O) groups excluding carboxylic acids is 1. The zero-order chi connectivity index (χ0) is 17.4. The summed E-state index contributed by atoms with van der Waals surface area (Å²) < 4.78 is 18.1. The first-order valence-corrected chi connectivity index (χ1v) is 9.32. The molecule has 2 unspecified atom stereocenters. The van der Waals surface area contributed by atoms with Gasteiger partial charge in [-0.15, -0.1) is 0 Å². The Morgan fingerprint density at radius 3 is 2.42 bits per heavy atom. The number of aliphatic hydroxyl groups is 1. The van der Waals surface area contributed by atoms with Crippen molar-refractivity contribution in [2.24, 2.45) is 17.3 Å². The van der Waals surface area contributed by atoms with Crippen LogP contribution >= 0.6 is 0 Å². The van der Waals surface area contributed by atoms with Gasteiger partial charge in [0.05, 0.1) is 25.7 Å². The van der Waals surface area contributed by atoms with Crippen LogP contribution in [0, 0.1) is 17.3 Å². The number of fused-ring (bicyclic) bond motifs is 2. The van der Waals surface area contributed by atoms with E-state index in [4.69, 9.17) is 14.2 Å². The molecular formula is C19H30O5. The molecular weight excluding hydrogens is 308 g/mol. The quantitative estimate of drug-likeness (QED) is 0.595. The van der Waals surface area contributed by atoms with Crippen LogP contribution in [0.2, 0.25) is 0 Å². The van der Waals surface area contributed by atoms with Gasteiger partial charge in [-0.25, -0.2) is 0 Å².